The number of phenolic OH excluding ortho intramolecular Hbond substituents is 1. The largest absolute Gasteiger partial charge is 0.508 e. The molecule has 0 unspecified atom stereocenters. The van der Waals surface area contributed by atoms with Gasteiger partial charge in [-0.15, -0.1) is 0 Å². The molecular formula is C11H12ClNO3. The van der Waals surface area contributed by atoms with Crippen LogP contribution in [0.2, 0.25) is 5.02 Å². The number of rotatable bonds is 3. The van der Waals surface area contributed by atoms with E-state index in [1.807, 2.05) is 4.90 Å². The van der Waals surface area contributed by atoms with Gasteiger partial charge >= 0.3 is 5.97 Å². The van der Waals surface area contributed by atoms with Gasteiger partial charge in [0.1, 0.15) is 5.75 Å². The van der Waals surface area contributed by atoms with Gasteiger partial charge in [-0.25, -0.2) is 0 Å². The number of hydrogen-bond acceptors (Lipinski definition) is 3. The fourth-order valence-corrected chi connectivity index (χ4v) is 2.01. The summed E-state index contributed by atoms with van der Waals surface area (Å²) in [5, 5.41) is 18.8. The van der Waals surface area contributed by atoms with E-state index in [2.05, 4.69) is 0 Å². The van der Waals surface area contributed by atoms with Gasteiger partial charge in [-0.05, 0) is 12.1 Å². The van der Waals surface area contributed by atoms with Crippen molar-refractivity contribution in [2.45, 2.75) is 6.54 Å². The summed E-state index contributed by atoms with van der Waals surface area (Å²) in [5.41, 5.74) is 0.660. The van der Waals surface area contributed by atoms with Crippen LogP contribution in [0.15, 0.2) is 18.2 Å². The van der Waals surface area contributed by atoms with Crippen LogP contribution < -0.4 is 0 Å². The zero-order valence-electron chi connectivity index (χ0n) is 8.56. The molecule has 0 aliphatic carbocycles. The number of hydrogen-bond donors (Lipinski definition) is 2. The number of aliphatic carboxylic acids is 1. The van der Waals surface area contributed by atoms with Gasteiger partial charge in [0.25, 0.3) is 0 Å². The second kappa shape index (κ2) is 4.31. The smallest absolute Gasteiger partial charge is 0.309 e. The molecule has 4 nitrogen and oxygen atoms in total. The third-order valence-electron chi connectivity index (χ3n) is 2.78. The third-order valence-corrected chi connectivity index (χ3v) is 3.14. The Morgan fingerprint density at radius 3 is 2.75 bits per heavy atom. The molecule has 0 atom stereocenters. The zero-order chi connectivity index (χ0) is 11.7. The molecule has 0 radical (unpaired) electrons. The minimum Gasteiger partial charge on any atom is -0.508 e. The highest BCUT2D eigenvalue weighted by Gasteiger charge is 2.32. The number of halogens is 1. The van der Waals surface area contributed by atoms with E-state index in [0.29, 0.717) is 30.2 Å². The van der Waals surface area contributed by atoms with Crippen molar-refractivity contribution in [3.8, 4) is 5.75 Å². The van der Waals surface area contributed by atoms with Crippen LogP contribution in [0.3, 0.4) is 0 Å². The number of phenols is 1. The topological polar surface area (TPSA) is 60.8 Å². The lowest BCUT2D eigenvalue weighted by atomic mass is 9.99. The molecule has 5 heteroatoms. The molecule has 2 N–H and O–H groups in total. The van der Waals surface area contributed by atoms with E-state index >= 15 is 0 Å². The fraction of sp³-hybridized carbons (Fsp3) is 0.364. The Bertz CT molecular complexity index is 395. The maximum absolute atomic E-state index is 10.6. The van der Waals surface area contributed by atoms with Gasteiger partial charge in [-0.1, -0.05) is 17.7 Å². The Kier molecular flexibility index (Phi) is 3.03. The number of carbonyl (C=O) groups is 1. The summed E-state index contributed by atoms with van der Waals surface area (Å²) in [6.07, 6.45) is 0. The first-order valence-electron chi connectivity index (χ1n) is 4.99. The van der Waals surface area contributed by atoms with Gasteiger partial charge in [-0.3, -0.25) is 9.69 Å². The normalized spacial score (nSPS) is 17.1. The van der Waals surface area contributed by atoms with Crippen molar-refractivity contribution in [2.75, 3.05) is 13.1 Å². The van der Waals surface area contributed by atoms with Crippen molar-refractivity contribution in [1.29, 1.82) is 0 Å². The number of aromatic hydroxyl groups is 1. The van der Waals surface area contributed by atoms with E-state index < -0.39 is 5.97 Å². The van der Waals surface area contributed by atoms with E-state index in [1.165, 1.54) is 0 Å². The van der Waals surface area contributed by atoms with Crippen LogP contribution in [0, 0.1) is 5.92 Å². The Morgan fingerprint density at radius 1 is 1.50 bits per heavy atom. The molecule has 0 aromatic heterocycles. The number of benzene rings is 1. The van der Waals surface area contributed by atoms with Crippen molar-refractivity contribution >= 4 is 17.6 Å². The van der Waals surface area contributed by atoms with Crippen molar-refractivity contribution in [3.05, 3.63) is 28.8 Å². The molecule has 0 amide bonds. The van der Waals surface area contributed by atoms with Crippen LogP contribution in [0.5, 0.6) is 5.75 Å². The van der Waals surface area contributed by atoms with Gasteiger partial charge in [0.2, 0.25) is 0 Å². The predicted octanol–water partition coefficient (Wildman–Crippen LogP) is 1.56. The second-order valence-electron chi connectivity index (χ2n) is 3.97. The van der Waals surface area contributed by atoms with E-state index in [1.54, 1.807) is 18.2 Å². The van der Waals surface area contributed by atoms with Gasteiger partial charge in [0.05, 0.1) is 5.92 Å². The lowest BCUT2D eigenvalue weighted by molar-refractivity contribution is -0.147. The summed E-state index contributed by atoms with van der Waals surface area (Å²) in [6.45, 7) is 1.52. The zero-order valence-corrected chi connectivity index (χ0v) is 9.31. The number of carboxylic acids is 1. The summed E-state index contributed by atoms with van der Waals surface area (Å²) in [6, 6.07) is 4.97. The van der Waals surface area contributed by atoms with Gasteiger partial charge < -0.3 is 10.2 Å². The molecule has 1 aliphatic heterocycles. The molecule has 1 fully saturated rings. The molecule has 0 spiro atoms. The molecule has 1 aromatic rings. The third kappa shape index (κ3) is 2.13. The highest BCUT2D eigenvalue weighted by molar-refractivity contribution is 6.31. The molecular weight excluding hydrogens is 230 g/mol. The average Bonchev–Trinajstić information content (AvgIpc) is 2.13. The second-order valence-corrected chi connectivity index (χ2v) is 4.37. The first-order chi connectivity index (χ1) is 7.58. The molecule has 16 heavy (non-hydrogen) atoms. The SMILES string of the molecule is O=C(O)C1CN(Cc2c(O)cccc2Cl)C1. The van der Waals surface area contributed by atoms with Gasteiger partial charge in [-0.2, -0.15) is 0 Å². The molecule has 0 saturated carbocycles. The van der Waals surface area contributed by atoms with Gasteiger partial charge in [0, 0.05) is 30.2 Å². The first kappa shape index (κ1) is 11.2. The average molecular weight is 242 g/mol. The molecule has 1 aromatic carbocycles. The molecule has 86 valence electrons. The molecule has 1 saturated heterocycles. The summed E-state index contributed by atoms with van der Waals surface area (Å²) in [5.74, 6) is -0.893. The molecule has 0 bridgehead atoms. The molecule has 1 heterocycles. The number of nitrogens with zero attached hydrogens (tertiary/aromatic N) is 1. The maximum atomic E-state index is 10.6. The van der Waals surface area contributed by atoms with Crippen LogP contribution in [-0.2, 0) is 11.3 Å². The fourth-order valence-electron chi connectivity index (χ4n) is 1.78. The lowest BCUT2D eigenvalue weighted by Crippen LogP contribution is -2.49. The van der Waals surface area contributed by atoms with Crippen molar-refractivity contribution in [1.82, 2.24) is 4.90 Å². The van der Waals surface area contributed by atoms with Crippen molar-refractivity contribution < 1.29 is 15.0 Å². The van der Waals surface area contributed by atoms with Crippen LogP contribution in [0.4, 0.5) is 0 Å². The van der Waals surface area contributed by atoms with E-state index in [9.17, 15) is 9.90 Å². The summed E-state index contributed by atoms with van der Waals surface area (Å²) in [7, 11) is 0. The summed E-state index contributed by atoms with van der Waals surface area (Å²) >= 11 is 5.95. The lowest BCUT2D eigenvalue weighted by Gasteiger charge is -2.36. The van der Waals surface area contributed by atoms with E-state index in [0.717, 1.165) is 0 Å². The van der Waals surface area contributed by atoms with Gasteiger partial charge in [0.15, 0.2) is 0 Å². The van der Waals surface area contributed by atoms with Crippen molar-refractivity contribution in [2.24, 2.45) is 5.92 Å². The van der Waals surface area contributed by atoms with Crippen LogP contribution >= 0.6 is 11.6 Å². The standard InChI is InChI=1S/C11H12ClNO3/c12-9-2-1-3-10(14)8(9)6-13-4-7(5-13)11(15)16/h1-3,7,14H,4-6H2,(H,15,16). The summed E-state index contributed by atoms with van der Waals surface area (Å²) < 4.78 is 0. The Morgan fingerprint density at radius 2 is 2.19 bits per heavy atom. The van der Waals surface area contributed by atoms with E-state index in [4.69, 9.17) is 16.7 Å². The maximum Gasteiger partial charge on any atom is 0.309 e. The van der Waals surface area contributed by atoms with Crippen LogP contribution in [0.25, 0.3) is 0 Å². The van der Waals surface area contributed by atoms with Crippen LogP contribution in [0.1, 0.15) is 5.56 Å². The Balaban J connectivity index is 1.99. The summed E-state index contributed by atoms with van der Waals surface area (Å²) in [4.78, 5) is 12.6. The molecule has 2 rings (SSSR count). The van der Waals surface area contributed by atoms with Crippen LogP contribution in [-0.4, -0.2) is 34.2 Å². The Labute approximate surface area is 98.1 Å². The quantitative estimate of drug-likeness (QED) is 0.843. The Hall–Kier alpha value is -1.26. The highest BCUT2D eigenvalue weighted by Crippen LogP contribution is 2.29. The highest BCUT2D eigenvalue weighted by atomic mass is 35.5. The number of carboxylic acid groups (broad SMARTS) is 1. The minimum absolute atomic E-state index is 0.159. The number of likely N-dealkylation sites (tertiary alicyclic amines) is 1. The predicted molar refractivity (Wildman–Crippen MR) is 59.5 cm³/mol. The monoisotopic (exact) mass is 241 g/mol. The minimum atomic E-state index is -0.764. The molecule has 1 aliphatic rings. The van der Waals surface area contributed by atoms with E-state index in [-0.39, 0.29) is 11.7 Å². The first-order valence-corrected chi connectivity index (χ1v) is 5.37. The van der Waals surface area contributed by atoms with Crippen molar-refractivity contribution in [3.63, 3.8) is 0 Å².